The standard InChI is InChI=1S/C22H22N4/c1-15-9-10-19-18(13-15)20(24-16(2)23-19)11-12-22-25-21(14-26(22)3)17-7-5-4-6-8-17/h4-10,13-14H,11-12H2,1-3H3. The Bertz CT molecular complexity index is 1060. The van der Waals surface area contributed by atoms with E-state index in [1.165, 1.54) is 5.56 Å². The van der Waals surface area contributed by atoms with Crippen LogP contribution in [0.25, 0.3) is 22.2 Å². The van der Waals surface area contributed by atoms with Gasteiger partial charge in [0.25, 0.3) is 0 Å². The molecule has 2 aromatic heterocycles. The van der Waals surface area contributed by atoms with Crippen molar-refractivity contribution in [2.24, 2.45) is 7.05 Å². The van der Waals surface area contributed by atoms with E-state index >= 15 is 0 Å². The van der Waals surface area contributed by atoms with E-state index in [9.17, 15) is 0 Å². The first-order chi connectivity index (χ1) is 12.6. The quantitative estimate of drug-likeness (QED) is 0.551. The second-order valence-electron chi connectivity index (χ2n) is 6.76. The lowest BCUT2D eigenvalue weighted by atomic mass is 10.1. The SMILES string of the molecule is Cc1ccc2nc(C)nc(CCc3nc(-c4ccccc4)cn3C)c2c1. The molecule has 4 aromatic rings. The van der Waals surface area contributed by atoms with Crippen LogP contribution in [0.5, 0.6) is 0 Å². The molecule has 0 unspecified atom stereocenters. The summed E-state index contributed by atoms with van der Waals surface area (Å²) in [5.74, 6) is 1.89. The second-order valence-corrected chi connectivity index (χ2v) is 6.76. The number of aryl methyl sites for hydroxylation is 5. The van der Waals surface area contributed by atoms with E-state index in [1.54, 1.807) is 0 Å². The molecule has 0 aliphatic carbocycles. The molecular weight excluding hydrogens is 320 g/mol. The van der Waals surface area contributed by atoms with Gasteiger partial charge in [0.1, 0.15) is 11.6 Å². The Morgan fingerprint density at radius 3 is 2.50 bits per heavy atom. The first kappa shape index (κ1) is 16.5. The predicted octanol–water partition coefficient (Wildman–Crippen LogP) is 4.43. The van der Waals surface area contributed by atoms with Crippen molar-refractivity contribution in [1.82, 2.24) is 19.5 Å². The van der Waals surface area contributed by atoms with Crippen molar-refractivity contribution in [3.63, 3.8) is 0 Å². The van der Waals surface area contributed by atoms with Gasteiger partial charge in [-0.3, -0.25) is 0 Å². The summed E-state index contributed by atoms with van der Waals surface area (Å²) >= 11 is 0. The molecule has 4 heteroatoms. The number of hydrogen-bond donors (Lipinski definition) is 0. The largest absolute Gasteiger partial charge is 0.337 e. The van der Waals surface area contributed by atoms with Crippen LogP contribution in [-0.4, -0.2) is 19.5 Å². The minimum absolute atomic E-state index is 0.821. The van der Waals surface area contributed by atoms with E-state index in [4.69, 9.17) is 9.97 Å². The van der Waals surface area contributed by atoms with Crippen molar-refractivity contribution < 1.29 is 0 Å². The summed E-state index contributed by atoms with van der Waals surface area (Å²) in [4.78, 5) is 14.1. The van der Waals surface area contributed by atoms with E-state index in [1.807, 2.05) is 25.1 Å². The van der Waals surface area contributed by atoms with Crippen LogP contribution >= 0.6 is 0 Å². The van der Waals surface area contributed by atoms with Gasteiger partial charge in [-0.2, -0.15) is 0 Å². The number of imidazole rings is 1. The van der Waals surface area contributed by atoms with Gasteiger partial charge in [-0.15, -0.1) is 0 Å². The number of benzene rings is 2. The number of aromatic nitrogens is 4. The van der Waals surface area contributed by atoms with Crippen LogP contribution in [0, 0.1) is 13.8 Å². The Morgan fingerprint density at radius 1 is 0.885 bits per heavy atom. The third-order valence-corrected chi connectivity index (χ3v) is 4.67. The van der Waals surface area contributed by atoms with E-state index in [-0.39, 0.29) is 0 Å². The summed E-state index contributed by atoms with van der Waals surface area (Å²) in [6.07, 6.45) is 3.80. The molecular formula is C22H22N4. The maximum Gasteiger partial charge on any atom is 0.126 e. The third-order valence-electron chi connectivity index (χ3n) is 4.67. The van der Waals surface area contributed by atoms with Crippen LogP contribution in [0.2, 0.25) is 0 Å². The highest BCUT2D eigenvalue weighted by atomic mass is 15.0. The van der Waals surface area contributed by atoms with E-state index < -0.39 is 0 Å². The molecule has 0 radical (unpaired) electrons. The van der Waals surface area contributed by atoms with Crippen molar-refractivity contribution in [3.05, 3.63) is 77.6 Å². The molecule has 130 valence electrons. The zero-order chi connectivity index (χ0) is 18.1. The Labute approximate surface area is 153 Å². The minimum Gasteiger partial charge on any atom is -0.337 e. The fraction of sp³-hybridized carbons (Fsp3) is 0.227. The third kappa shape index (κ3) is 3.23. The van der Waals surface area contributed by atoms with Crippen LogP contribution in [0.15, 0.2) is 54.7 Å². The Balaban J connectivity index is 1.63. The molecule has 26 heavy (non-hydrogen) atoms. The highest BCUT2D eigenvalue weighted by Crippen LogP contribution is 2.21. The lowest BCUT2D eigenvalue weighted by Crippen LogP contribution is -2.04. The molecule has 4 rings (SSSR count). The van der Waals surface area contributed by atoms with Crippen LogP contribution in [-0.2, 0) is 19.9 Å². The Morgan fingerprint density at radius 2 is 1.69 bits per heavy atom. The summed E-state index contributed by atoms with van der Waals surface area (Å²) in [7, 11) is 2.06. The monoisotopic (exact) mass is 342 g/mol. The zero-order valence-electron chi connectivity index (χ0n) is 15.4. The van der Waals surface area contributed by atoms with Gasteiger partial charge >= 0.3 is 0 Å². The van der Waals surface area contributed by atoms with Gasteiger partial charge in [0, 0.05) is 30.6 Å². The molecule has 2 heterocycles. The van der Waals surface area contributed by atoms with Crippen LogP contribution < -0.4 is 0 Å². The number of nitrogens with zero attached hydrogens (tertiary/aromatic N) is 4. The average molecular weight is 342 g/mol. The molecule has 0 N–H and O–H groups in total. The molecule has 0 saturated carbocycles. The maximum atomic E-state index is 4.83. The predicted molar refractivity (Wildman–Crippen MR) is 105 cm³/mol. The fourth-order valence-electron chi connectivity index (χ4n) is 3.34. The summed E-state index contributed by atoms with van der Waals surface area (Å²) in [5, 5.41) is 1.15. The van der Waals surface area contributed by atoms with Crippen molar-refractivity contribution >= 4 is 10.9 Å². The second kappa shape index (κ2) is 6.71. The van der Waals surface area contributed by atoms with Gasteiger partial charge in [-0.25, -0.2) is 15.0 Å². The highest BCUT2D eigenvalue weighted by molar-refractivity contribution is 5.81. The normalized spacial score (nSPS) is 11.2. The van der Waals surface area contributed by atoms with Crippen LogP contribution in [0.1, 0.15) is 22.9 Å². The maximum absolute atomic E-state index is 4.83. The molecule has 0 saturated heterocycles. The van der Waals surface area contributed by atoms with E-state index in [2.05, 4.69) is 60.1 Å². The Hall–Kier alpha value is -3.01. The van der Waals surface area contributed by atoms with Gasteiger partial charge in [0.05, 0.1) is 16.9 Å². The molecule has 4 nitrogen and oxygen atoms in total. The highest BCUT2D eigenvalue weighted by Gasteiger charge is 2.11. The first-order valence-corrected chi connectivity index (χ1v) is 8.92. The van der Waals surface area contributed by atoms with Crippen molar-refractivity contribution in [3.8, 4) is 11.3 Å². The molecule has 0 aliphatic heterocycles. The van der Waals surface area contributed by atoms with Crippen molar-refractivity contribution in [1.29, 1.82) is 0 Å². The smallest absolute Gasteiger partial charge is 0.126 e. The summed E-state index contributed by atoms with van der Waals surface area (Å²) in [5.41, 5.74) is 5.51. The van der Waals surface area contributed by atoms with Gasteiger partial charge in [-0.05, 0) is 32.4 Å². The Kier molecular flexibility index (Phi) is 4.25. The average Bonchev–Trinajstić information content (AvgIpc) is 3.02. The lowest BCUT2D eigenvalue weighted by Gasteiger charge is -2.08. The van der Waals surface area contributed by atoms with Gasteiger partial charge in [0.2, 0.25) is 0 Å². The first-order valence-electron chi connectivity index (χ1n) is 8.92. The molecule has 0 fully saturated rings. The van der Waals surface area contributed by atoms with Gasteiger partial charge in [0.15, 0.2) is 0 Å². The van der Waals surface area contributed by atoms with E-state index in [0.29, 0.717) is 0 Å². The van der Waals surface area contributed by atoms with E-state index in [0.717, 1.165) is 52.3 Å². The van der Waals surface area contributed by atoms with Gasteiger partial charge in [-0.1, -0.05) is 42.0 Å². The molecule has 0 aliphatic rings. The molecule has 0 atom stereocenters. The lowest BCUT2D eigenvalue weighted by molar-refractivity contribution is 0.761. The number of hydrogen-bond acceptors (Lipinski definition) is 3. The minimum atomic E-state index is 0.821. The van der Waals surface area contributed by atoms with Crippen molar-refractivity contribution in [2.75, 3.05) is 0 Å². The molecule has 0 amide bonds. The topological polar surface area (TPSA) is 43.6 Å². The fourth-order valence-corrected chi connectivity index (χ4v) is 3.34. The summed E-state index contributed by atoms with van der Waals surface area (Å²) < 4.78 is 2.11. The van der Waals surface area contributed by atoms with Gasteiger partial charge < -0.3 is 4.57 Å². The van der Waals surface area contributed by atoms with Crippen LogP contribution in [0.3, 0.4) is 0 Å². The molecule has 2 aromatic carbocycles. The van der Waals surface area contributed by atoms with Crippen LogP contribution in [0.4, 0.5) is 0 Å². The summed E-state index contributed by atoms with van der Waals surface area (Å²) in [6, 6.07) is 16.7. The summed E-state index contributed by atoms with van der Waals surface area (Å²) in [6.45, 7) is 4.06. The number of fused-ring (bicyclic) bond motifs is 1. The molecule has 0 spiro atoms. The zero-order valence-corrected chi connectivity index (χ0v) is 15.4. The molecule has 0 bridgehead atoms. The van der Waals surface area contributed by atoms with Crippen molar-refractivity contribution in [2.45, 2.75) is 26.7 Å². The number of rotatable bonds is 4.